The van der Waals surface area contributed by atoms with Crippen molar-refractivity contribution in [3.8, 4) is 11.5 Å². The molecule has 0 aliphatic carbocycles. The standard InChI is InChI=1S/C17H23N3O3/c1-12(2)20-16(9-10-18-20)19-17(21)8-6-13-5-7-14(22-3)15(11-13)23-4/h5,7,9-12H,6,8H2,1-4H3,(H,19,21). The summed E-state index contributed by atoms with van der Waals surface area (Å²) in [5, 5.41) is 7.10. The summed E-state index contributed by atoms with van der Waals surface area (Å²) in [4.78, 5) is 12.1. The Kier molecular flexibility index (Phi) is 5.62. The van der Waals surface area contributed by atoms with Crippen molar-refractivity contribution in [1.82, 2.24) is 9.78 Å². The summed E-state index contributed by atoms with van der Waals surface area (Å²) in [5.41, 5.74) is 1.02. The molecule has 0 spiro atoms. The average Bonchev–Trinajstić information content (AvgIpc) is 3.00. The number of anilines is 1. The van der Waals surface area contributed by atoms with E-state index in [4.69, 9.17) is 9.47 Å². The van der Waals surface area contributed by atoms with Gasteiger partial charge in [0.25, 0.3) is 0 Å². The number of rotatable bonds is 7. The predicted molar refractivity (Wildman–Crippen MR) is 89.1 cm³/mol. The molecule has 23 heavy (non-hydrogen) atoms. The summed E-state index contributed by atoms with van der Waals surface area (Å²) in [6.07, 6.45) is 2.70. The molecule has 1 aromatic carbocycles. The monoisotopic (exact) mass is 317 g/mol. The second-order valence-corrected chi connectivity index (χ2v) is 5.49. The van der Waals surface area contributed by atoms with Crippen LogP contribution in [0.15, 0.2) is 30.5 Å². The highest BCUT2D eigenvalue weighted by atomic mass is 16.5. The predicted octanol–water partition coefficient (Wildman–Crippen LogP) is 3.05. The molecule has 1 aromatic heterocycles. The van der Waals surface area contributed by atoms with Gasteiger partial charge >= 0.3 is 0 Å². The van der Waals surface area contributed by atoms with Crippen LogP contribution in [0.25, 0.3) is 0 Å². The van der Waals surface area contributed by atoms with E-state index in [2.05, 4.69) is 10.4 Å². The van der Waals surface area contributed by atoms with Crippen LogP contribution in [-0.4, -0.2) is 29.9 Å². The second kappa shape index (κ2) is 7.67. The third-order valence-corrected chi connectivity index (χ3v) is 3.52. The maximum absolute atomic E-state index is 12.1. The summed E-state index contributed by atoms with van der Waals surface area (Å²) in [6.45, 7) is 4.04. The first-order valence-electron chi connectivity index (χ1n) is 7.59. The molecule has 0 bridgehead atoms. The number of ether oxygens (including phenoxy) is 2. The molecule has 0 saturated heterocycles. The molecule has 0 aliphatic rings. The largest absolute Gasteiger partial charge is 0.493 e. The molecule has 6 nitrogen and oxygen atoms in total. The Morgan fingerprint density at radius 3 is 2.61 bits per heavy atom. The van der Waals surface area contributed by atoms with Crippen LogP contribution in [0, 0.1) is 0 Å². The van der Waals surface area contributed by atoms with Crippen molar-refractivity contribution in [3.63, 3.8) is 0 Å². The number of hydrogen-bond donors (Lipinski definition) is 1. The lowest BCUT2D eigenvalue weighted by atomic mass is 10.1. The quantitative estimate of drug-likeness (QED) is 0.852. The zero-order chi connectivity index (χ0) is 16.8. The van der Waals surface area contributed by atoms with Crippen LogP contribution in [0.4, 0.5) is 5.82 Å². The third-order valence-electron chi connectivity index (χ3n) is 3.52. The zero-order valence-electron chi connectivity index (χ0n) is 14.0. The van der Waals surface area contributed by atoms with E-state index in [9.17, 15) is 4.79 Å². The van der Waals surface area contributed by atoms with Gasteiger partial charge in [-0.2, -0.15) is 5.10 Å². The highest BCUT2D eigenvalue weighted by Crippen LogP contribution is 2.28. The number of methoxy groups -OCH3 is 2. The smallest absolute Gasteiger partial charge is 0.225 e. The Hall–Kier alpha value is -2.50. The van der Waals surface area contributed by atoms with Crippen molar-refractivity contribution in [2.45, 2.75) is 32.7 Å². The second-order valence-electron chi connectivity index (χ2n) is 5.49. The van der Waals surface area contributed by atoms with E-state index >= 15 is 0 Å². The normalized spacial score (nSPS) is 10.7. The summed E-state index contributed by atoms with van der Waals surface area (Å²) >= 11 is 0. The van der Waals surface area contributed by atoms with Gasteiger partial charge in [0.2, 0.25) is 5.91 Å². The SMILES string of the molecule is COc1ccc(CCC(=O)Nc2ccnn2C(C)C)cc1OC. The molecule has 0 unspecified atom stereocenters. The lowest BCUT2D eigenvalue weighted by Gasteiger charge is -2.12. The Morgan fingerprint density at radius 1 is 1.22 bits per heavy atom. The number of benzene rings is 1. The molecule has 2 aromatic rings. The number of nitrogens with zero attached hydrogens (tertiary/aromatic N) is 2. The summed E-state index contributed by atoms with van der Waals surface area (Å²) in [5.74, 6) is 2.03. The number of nitrogens with one attached hydrogen (secondary N) is 1. The third kappa shape index (κ3) is 4.25. The van der Waals surface area contributed by atoms with E-state index < -0.39 is 0 Å². The minimum absolute atomic E-state index is 0.0396. The fraction of sp³-hybridized carbons (Fsp3) is 0.412. The molecular weight excluding hydrogens is 294 g/mol. The van der Waals surface area contributed by atoms with Crippen LogP contribution in [-0.2, 0) is 11.2 Å². The van der Waals surface area contributed by atoms with Crippen molar-refractivity contribution >= 4 is 11.7 Å². The van der Waals surface area contributed by atoms with Crippen molar-refractivity contribution in [2.24, 2.45) is 0 Å². The summed E-state index contributed by atoms with van der Waals surface area (Å²) < 4.78 is 12.3. The van der Waals surface area contributed by atoms with Crippen LogP contribution in [0.3, 0.4) is 0 Å². The number of amides is 1. The van der Waals surface area contributed by atoms with Crippen molar-refractivity contribution in [3.05, 3.63) is 36.0 Å². The van der Waals surface area contributed by atoms with Gasteiger partial charge < -0.3 is 14.8 Å². The lowest BCUT2D eigenvalue weighted by Crippen LogP contribution is -2.17. The van der Waals surface area contributed by atoms with E-state index in [0.29, 0.717) is 24.3 Å². The first-order valence-corrected chi connectivity index (χ1v) is 7.59. The summed E-state index contributed by atoms with van der Waals surface area (Å²) in [6, 6.07) is 7.68. The van der Waals surface area contributed by atoms with Gasteiger partial charge in [0, 0.05) is 18.5 Å². The molecule has 0 aliphatic heterocycles. The maximum Gasteiger partial charge on any atom is 0.225 e. The van der Waals surface area contributed by atoms with Gasteiger partial charge in [-0.3, -0.25) is 4.79 Å². The average molecular weight is 317 g/mol. The van der Waals surface area contributed by atoms with Gasteiger partial charge in [0.05, 0.1) is 20.4 Å². The Balaban J connectivity index is 1.95. The van der Waals surface area contributed by atoms with Gasteiger partial charge in [-0.15, -0.1) is 0 Å². The molecule has 0 radical (unpaired) electrons. The zero-order valence-corrected chi connectivity index (χ0v) is 14.0. The molecule has 2 rings (SSSR count). The van der Waals surface area contributed by atoms with Crippen LogP contribution in [0.2, 0.25) is 0 Å². The Labute approximate surface area is 136 Å². The minimum Gasteiger partial charge on any atom is -0.493 e. The van der Waals surface area contributed by atoms with Crippen LogP contribution < -0.4 is 14.8 Å². The number of carbonyl (C=O) groups excluding carboxylic acids is 1. The fourth-order valence-corrected chi connectivity index (χ4v) is 2.32. The van der Waals surface area contributed by atoms with Crippen molar-refractivity contribution in [2.75, 3.05) is 19.5 Å². The molecule has 1 N–H and O–H groups in total. The van der Waals surface area contributed by atoms with Gasteiger partial charge in [0.1, 0.15) is 5.82 Å². The van der Waals surface area contributed by atoms with Crippen LogP contribution in [0.1, 0.15) is 31.9 Å². The van der Waals surface area contributed by atoms with Crippen LogP contribution in [0.5, 0.6) is 11.5 Å². The van der Waals surface area contributed by atoms with Gasteiger partial charge in [-0.1, -0.05) is 6.07 Å². The van der Waals surface area contributed by atoms with E-state index in [1.54, 1.807) is 31.2 Å². The van der Waals surface area contributed by atoms with Crippen molar-refractivity contribution in [1.29, 1.82) is 0 Å². The highest BCUT2D eigenvalue weighted by molar-refractivity contribution is 5.90. The molecule has 0 atom stereocenters. The Bertz CT molecular complexity index is 665. The van der Waals surface area contributed by atoms with E-state index in [-0.39, 0.29) is 11.9 Å². The van der Waals surface area contributed by atoms with Crippen LogP contribution >= 0.6 is 0 Å². The van der Waals surface area contributed by atoms with E-state index in [0.717, 1.165) is 11.4 Å². The first kappa shape index (κ1) is 16.9. The van der Waals surface area contributed by atoms with E-state index in [1.165, 1.54) is 0 Å². The molecule has 1 amide bonds. The summed E-state index contributed by atoms with van der Waals surface area (Å²) in [7, 11) is 3.20. The van der Waals surface area contributed by atoms with Gasteiger partial charge in [0.15, 0.2) is 11.5 Å². The lowest BCUT2D eigenvalue weighted by molar-refractivity contribution is -0.116. The van der Waals surface area contributed by atoms with Crippen molar-refractivity contribution < 1.29 is 14.3 Å². The molecule has 124 valence electrons. The fourth-order valence-electron chi connectivity index (χ4n) is 2.32. The minimum atomic E-state index is -0.0396. The number of aryl methyl sites for hydroxylation is 1. The molecular formula is C17H23N3O3. The molecule has 6 heteroatoms. The Morgan fingerprint density at radius 2 is 1.96 bits per heavy atom. The molecule has 0 fully saturated rings. The number of aromatic nitrogens is 2. The highest BCUT2D eigenvalue weighted by Gasteiger charge is 2.10. The first-order chi connectivity index (χ1) is 11.0. The number of hydrogen-bond acceptors (Lipinski definition) is 4. The van der Waals surface area contributed by atoms with Gasteiger partial charge in [-0.05, 0) is 38.0 Å². The number of carbonyl (C=O) groups is 1. The maximum atomic E-state index is 12.1. The van der Waals surface area contributed by atoms with E-state index in [1.807, 2.05) is 32.0 Å². The topological polar surface area (TPSA) is 65.4 Å². The van der Waals surface area contributed by atoms with Gasteiger partial charge in [-0.25, -0.2) is 4.68 Å². The molecule has 0 saturated carbocycles. The molecule has 1 heterocycles.